The van der Waals surface area contributed by atoms with Crippen LogP contribution in [0.1, 0.15) is 6.92 Å². The summed E-state index contributed by atoms with van der Waals surface area (Å²) in [6, 6.07) is 0. The van der Waals surface area contributed by atoms with Crippen molar-refractivity contribution in [1.29, 1.82) is 0 Å². The summed E-state index contributed by atoms with van der Waals surface area (Å²) in [6.45, 7) is 1.75. The lowest BCUT2D eigenvalue weighted by Gasteiger charge is -2.40. The molecule has 1 fully saturated rings. The lowest BCUT2D eigenvalue weighted by Crippen LogP contribution is -2.55. The summed E-state index contributed by atoms with van der Waals surface area (Å²) in [5.41, 5.74) is 0. The molecule has 1 N–H and O–H groups in total. The zero-order valence-electron chi connectivity index (χ0n) is 8.54. The van der Waals surface area contributed by atoms with Crippen molar-refractivity contribution in [2.24, 2.45) is 5.92 Å². The topological polar surface area (TPSA) is 65.0 Å². The average molecular weight is 204 g/mol. The number of rotatable bonds is 3. The zero-order valence-corrected chi connectivity index (χ0v) is 8.54. The number of ether oxygens (including phenoxy) is 3. The Bertz CT molecular complexity index is 196. The Labute approximate surface area is 82.9 Å². The van der Waals surface area contributed by atoms with Gasteiger partial charge in [0.1, 0.15) is 12.4 Å². The molecule has 1 aliphatic heterocycles. The SMILES string of the molecule is COC1OC(C)C(C=O)C(OC)C1O. The second-order valence-corrected chi connectivity index (χ2v) is 3.35. The highest BCUT2D eigenvalue weighted by Gasteiger charge is 2.43. The van der Waals surface area contributed by atoms with E-state index in [0.29, 0.717) is 0 Å². The van der Waals surface area contributed by atoms with Crippen LogP contribution in [0.4, 0.5) is 0 Å². The molecule has 0 aliphatic carbocycles. The van der Waals surface area contributed by atoms with E-state index in [0.717, 1.165) is 6.29 Å². The van der Waals surface area contributed by atoms with Gasteiger partial charge in [-0.2, -0.15) is 0 Å². The van der Waals surface area contributed by atoms with Crippen LogP contribution >= 0.6 is 0 Å². The van der Waals surface area contributed by atoms with Crippen LogP contribution in [0.25, 0.3) is 0 Å². The molecule has 5 nitrogen and oxygen atoms in total. The maximum atomic E-state index is 10.8. The third-order valence-electron chi connectivity index (χ3n) is 2.55. The molecule has 0 aromatic rings. The largest absolute Gasteiger partial charge is 0.385 e. The number of hydrogen-bond acceptors (Lipinski definition) is 5. The van der Waals surface area contributed by atoms with Crippen LogP contribution in [0.5, 0.6) is 0 Å². The van der Waals surface area contributed by atoms with Gasteiger partial charge in [-0.15, -0.1) is 0 Å². The summed E-state index contributed by atoms with van der Waals surface area (Å²) in [6.07, 6.45) is -1.80. The molecule has 0 aromatic heterocycles. The van der Waals surface area contributed by atoms with Crippen LogP contribution in [0.3, 0.4) is 0 Å². The third-order valence-corrected chi connectivity index (χ3v) is 2.55. The summed E-state index contributed by atoms with van der Waals surface area (Å²) >= 11 is 0. The molecule has 5 atom stereocenters. The van der Waals surface area contributed by atoms with Gasteiger partial charge in [-0.25, -0.2) is 0 Å². The zero-order chi connectivity index (χ0) is 10.7. The lowest BCUT2D eigenvalue weighted by atomic mass is 9.91. The van der Waals surface area contributed by atoms with Crippen LogP contribution in [-0.4, -0.2) is 50.2 Å². The molecule has 14 heavy (non-hydrogen) atoms. The second kappa shape index (κ2) is 4.84. The van der Waals surface area contributed by atoms with Crippen molar-refractivity contribution in [3.63, 3.8) is 0 Å². The van der Waals surface area contributed by atoms with Crippen molar-refractivity contribution in [2.75, 3.05) is 14.2 Å². The van der Waals surface area contributed by atoms with Gasteiger partial charge in [-0.3, -0.25) is 0 Å². The standard InChI is InChI=1S/C9H16O5/c1-5-6(4-10)8(12-2)7(11)9(13-3)14-5/h4-9,11H,1-3H3. The maximum absolute atomic E-state index is 10.8. The van der Waals surface area contributed by atoms with E-state index in [-0.39, 0.29) is 6.10 Å². The van der Waals surface area contributed by atoms with Gasteiger partial charge in [0.05, 0.1) is 18.1 Å². The van der Waals surface area contributed by atoms with Crippen molar-refractivity contribution in [3.05, 3.63) is 0 Å². The summed E-state index contributed by atoms with van der Waals surface area (Å²) in [7, 11) is 2.89. The molecule has 1 aliphatic rings. The van der Waals surface area contributed by atoms with E-state index < -0.39 is 24.4 Å². The van der Waals surface area contributed by atoms with E-state index >= 15 is 0 Å². The van der Waals surface area contributed by atoms with E-state index in [9.17, 15) is 9.90 Å². The smallest absolute Gasteiger partial charge is 0.185 e. The molecule has 0 aromatic carbocycles. The van der Waals surface area contributed by atoms with Gasteiger partial charge < -0.3 is 24.1 Å². The van der Waals surface area contributed by atoms with Crippen molar-refractivity contribution >= 4 is 6.29 Å². The quantitative estimate of drug-likeness (QED) is 0.632. The number of carbonyl (C=O) groups excluding carboxylic acids is 1. The first-order chi connectivity index (χ1) is 6.65. The van der Waals surface area contributed by atoms with Gasteiger partial charge in [0.15, 0.2) is 6.29 Å². The van der Waals surface area contributed by atoms with Gasteiger partial charge in [-0.05, 0) is 6.92 Å². The molecular formula is C9H16O5. The van der Waals surface area contributed by atoms with E-state index in [4.69, 9.17) is 14.2 Å². The molecule has 0 radical (unpaired) electrons. The molecule has 1 heterocycles. The number of aliphatic hydroxyl groups is 1. The molecule has 1 rings (SSSR count). The van der Waals surface area contributed by atoms with E-state index in [1.807, 2.05) is 0 Å². The van der Waals surface area contributed by atoms with E-state index in [2.05, 4.69) is 0 Å². The second-order valence-electron chi connectivity index (χ2n) is 3.35. The fraction of sp³-hybridized carbons (Fsp3) is 0.889. The number of carbonyl (C=O) groups is 1. The Balaban J connectivity index is 2.78. The van der Waals surface area contributed by atoms with Crippen LogP contribution in [0.15, 0.2) is 0 Å². The minimum Gasteiger partial charge on any atom is -0.385 e. The van der Waals surface area contributed by atoms with Crippen LogP contribution < -0.4 is 0 Å². The highest BCUT2D eigenvalue weighted by Crippen LogP contribution is 2.26. The first-order valence-electron chi connectivity index (χ1n) is 4.50. The van der Waals surface area contributed by atoms with Crippen molar-refractivity contribution < 1.29 is 24.1 Å². The van der Waals surface area contributed by atoms with E-state index in [1.165, 1.54) is 14.2 Å². The molecule has 0 spiro atoms. The normalized spacial score (nSPS) is 43.6. The number of aliphatic hydroxyl groups excluding tert-OH is 1. The number of aldehydes is 1. The Morgan fingerprint density at radius 1 is 1.36 bits per heavy atom. The molecule has 5 unspecified atom stereocenters. The summed E-state index contributed by atoms with van der Waals surface area (Å²) in [4.78, 5) is 10.8. The fourth-order valence-electron chi connectivity index (χ4n) is 1.71. The molecule has 0 bridgehead atoms. The minimum absolute atomic E-state index is 0.314. The van der Waals surface area contributed by atoms with Gasteiger partial charge in [0.2, 0.25) is 0 Å². The Hall–Kier alpha value is -0.490. The van der Waals surface area contributed by atoms with Gasteiger partial charge in [-0.1, -0.05) is 0 Å². The molecule has 5 heteroatoms. The summed E-state index contributed by atoms with van der Waals surface area (Å²) < 4.78 is 15.3. The number of hydrogen-bond donors (Lipinski definition) is 1. The third kappa shape index (κ3) is 1.95. The van der Waals surface area contributed by atoms with E-state index in [1.54, 1.807) is 6.92 Å². The average Bonchev–Trinajstić information content (AvgIpc) is 2.20. The predicted octanol–water partition coefficient (Wildman–Crippen LogP) is -0.431. The summed E-state index contributed by atoms with van der Waals surface area (Å²) in [5, 5.41) is 9.71. The highest BCUT2D eigenvalue weighted by molar-refractivity contribution is 5.56. The highest BCUT2D eigenvalue weighted by atomic mass is 16.7. The van der Waals surface area contributed by atoms with Crippen LogP contribution in [0, 0.1) is 5.92 Å². The first-order valence-corrected chi connectivity index (χ1v) is 4.50. The van der Waals surface area contributed by atoms with Crippen LogP contribution in [0.2, 0.25) is 0 Å². The Kier molecular flexibility index (Phi) is 4.00. The van der Waals surface area contributed by atoms with Gasteiger partial charge in [0, 0.05) is 14.2 Å². The molecule has 0 amide bonds. The van der Waals surface area contributed by atoms with Gasteiger partial charge in [0.25, 0.3) is 0 Å². The predicted molar refractivity (Wildman–Crippen MR) is 47.7 cm³/mol. The van der Waals surface area contributed by atoms with Crippen molar-refractivity contribution in [3.8, 4) is 0 Å². The van der Waals surface area contributed by atoms with Crippen LogP contribution in [-0.2, 0) is 19.0 Å². The van der Waals surface area contributed by atoms with Crippen molar-refractivity contribution in [2.45, 2.75) is 31.5 Å². The molecule has 0 saturated carbocycles. The first kappa shape index (κ1) is 11.6. The maximum Gasteiger partial charge on any atom is 0.185 e. The molecule has 1 saturated heterocycles. The summed E-state index contributed by atoms with van der Waals surface area (Å²) in [5.74, 6) is -0.457. The van der Waals surface area contributed by atoms with Crippen molar-refractivity contribution in [1.82, 2.24) is 0 Å². The Morgan fingerprint density at radius 2 is 2.00 bits per heavy atom. The molecule has 82 valence electrons. The Morgan fingerprint density at radius 3 is 2.43 bits per heavy atom. The monoisotopic (exact) mass is 204 g/mol. The lowest BCUT2D eigenvalue weighted by molar-refractivity contribution is -0.272. The fourth-order valence-corrected chi connectivity index (χ4v) is 1.71. The minimum atomic E-state index is -0.934. The number of methoxy groups -OCH3 is 2. The van der Waals surface area contributed by atoms with Gasteiger partial charge >= 0.3 is 0 Å². The molecular weight excluding hydrogens is 188 g/mol.